The first-order valence-corrected chi connectivity index (χ1v) is 6.36. The molecule has 2 N–H and O–H groups in total. The Morgan fingerprint density at radius 1 is 1.40 bits per heavy atom. The van der Waals surface area contributed by atoms with Crippen molar-refractivity contribution in [3.8, 4) is 0 Å². The molecule has 15 heavy (non-hydrogen) atoms. The maximum atomic E-state index is 5.96. The van der Waals surface area contributed by atoms with Gasteiger partial charge in [0.25, 0.3) is 0 Å². The summed E-state index contributed by atoms with van der Waals surface area (Å²) in [6.07, 6.45) is 5.57. The average molecular weight is 212 g/mol. The molecule has 0 aromatic heterocycles. The second-order valence-corrected chi connectivity index (χ2v) is 5.01. The molecule has 2 aliphatic rings. The van der Waals surface area contributed by atoms with Crippen LogP contribution in [0, 0.1) is 5.92 Å². The van der Waals surface area contributed by atoms with E-state index in [-0.39, 0.29) is 0 Å². The molecule has 0 spiro atoms. The summed E-state index contributed by atoms with van der Waals surface area (Å²) in [5.74, 6) is 0.843. The van der Waals surface area contributed by atoms with E-state index in [1.54, 1.807) is 0 Å². The zero-order valence-electron chi connectivity index (χ0n) is 9.82. The van der Waals surface area contributed by atoms with Crippen LogP contribution in [0.2, 0.25) is 0 Å². The SMILES string of the molecule is CC1COCCN1C(CN)C1CCCC1. The van der Waals surface area contributed by atoms with Crippen molar-refractivity contribution in [1.29, 1.82) is 0 Å². The summed E-state index contributed by atoms with van der Waals surface area (Å²) in [5.41, 5.74) is 5.96. The Labute approximate surface area is 93.0 Å². The molecular formula is C12H24N2O. The van der Waals surface area contributed by atoms with Gasteiger partial charge in [-0.25, -0.2) is 0 Å². The molecule has 1 saturated carbocycles. The van der Waals surface area contributed by atoms with Gasteiger partial charge in [0.2, 0.25) is 0 Å². The van der Waals surface area contributed by atoms with Gasteiger partial charge in [0.05, 0.1) is 13.2 Å². The first kappa shape index (κ1) is 11.4. The van der Waals surface area contributed by atoms with Crippen LogP contribution in [-0.4, -0.2) is 43.3 Å². The van der Waals surface area contributed by atoms with Crippen LogP contribution in [0.1, 0.15) is 32.6 Å². The van der Waals surface area contributed by atoms with Gasteiger partial charge in [-0.3, -0.25) is 4.90 Å². The van der Waals surface area contributed by atoms with Crippen LogP contribution < -0.4 is 5.73 Å². The zero-order chi connectivity index (χ0) is 10.7. The van der Waals surface area contributed by atoms with Crippen LogP contribution in [0.3, 0.4) is 0 Å². The second kappa shape index (κ2) is 5.28. The Bertz CT molecular complexity index is 192. The Morgan fingerprint density at radius 2 is 2.13 bits per heavy atom. The maximum absolute atomic E-state index is 5.96. The van der Waals surface area contributed by atoms with Gasteiger partial charge >= 0.3 is 0 Å². The highest BCUT2D eigenvalue weighted by Gasteiger charge is 2.32. The van der Waals surface area contributed by atoms with E-state index in [4.69, 9.17) is 10.5 Å². The zero-order valence-corrected chi connectivity index (χ0v) is 9.82. The molecule has 3 heteroatoms. The first-order valence-electron chi connectivity index (χ1n) is 6.36. The van der Waals surface area contributed by atoms with E-state index in [0.29, 0.717) is 12.1 Å². The van der Waals surface area contributed by atoms with Crippen molar-refractivity contribution in [3.05, 3.63) is 0 Å². The predicted molar refractivity (Wildman–Crippen MR) is 61.8 cm³/mol. The molecule has 1 aliphatic heterocycles. The summed E-state index contributed by atoms with van der Waals surface area (Å²) in [7, 11) is 0. The minimum absolute atomic E-state index is 0.549. The van der Waals surface area contributed by atoms with Crippen LogP contribution in [0.4, 0.5) is 0 Å². The largest absolute Gasteiger partial charge is 0.379 e. The Morgan fingerprint density at radius 3 is 2.73 bits per heavy atom. The highest BCUT2D eigenvalue weighted by Crippen LogP contribution is 2.31. The number of nitrogens with two attached hydrogens (primary N) is 1. The van der Waals surface area contributed by atoms with E-state index in [2.05, 4.69) is 11.8 Å². The van der Waals surface area contributed by atoms with Crippen molar-refractivity contribution < 1.29 is 4.74 Å². The van der Waals surface area contributed by atoms with Crippen LogP contribution >= 0.6 is 0 Å². The quantitative estimate of drug-likeness (QED) is 0.764. The monoisotopic (exact) mass is 212 g/mol. The lowest BCUT2D eigenvalue weighted by atomic mass is 9.95. The summed E-state index contributed by atoms with van der Waals surface area (Å²) in [5, 5.41) is 0. The van der Waals surface area contributed by atoms with E-state index in [0.717, 1.165) is 32.2 Å². The summed E-state index contributed by atoms with van der Waals surface area (Å²) >= 11 is 0. The first-order chi connectivity index (χ1) is 7.33. The lowest BCUT2D eigenvalue weighted by Crippen LogP contribution is -2.54. The fraction of sp³-hybridized carbons (Fsp3) is 1.00. The Balaban J connectivity index is 1.97. The van der Waals surface area contributed by atoms with Gasteiger partial charge in [0, 0.05) is 25.2 Å². The smallest absolute Gasteiger partial charge is 0.0619 e. The lowest BCUT2D eigenvalue weighted by molar-refractivity contribution is -0.0320. The van der Waals surface area contributed by atoms with E-state index < -0.39 is 0 Å². The fourth-order valence-electron chi connectivity index (χ4n) is 3.17. The van der Waals surface area contributed by atoms with E-state index >= 15 is 0 Å². The Hall–Kier alpha value is -0.120. The van der Waals surface area contributed by atoms with Crippen molar-refractivity contribution >= 4 is 0 Å². The molecule has 88 valence electrons. The molecule has 2 rings (SSSR count). The van der Waals surface area contributed by atoms with Gasteiger partial charge < -0.3 is 10.5 Å². The molecule has 1 aliphatic carbocycles. The summed E-state index contributed by atoms with van der Waals surface area (Å²) < 4.78 is 5.49. The number of hydrogen-bond acceptors (Lipinski definition) is 3. The highest BCUT2D eigenvalue weighted by atomic mass is 16.5. The second-order valence-electron chi connectivity index (χ2n) is 5.01. The van der Waals surface area contributed by atoms with Gasteiger partial charge in [-0.05, 0) is 25.7 Å². The molecule has 0 aromatic carbocycles. The summed E-state index contributed by atoms with van der Waals surface area (Å²) in [6.45, 7) is 5.90. The van der Waals surface area contributed by atoms with Crippen LogP contribution in [0.15, 0.2) is 0 Å². The molecule has 2 fully saturated rings. The standard InChI is InChI=1S/C12H24N2O/c1-10-9-15-7-6-14(10)12(8-13)11-4-2-3-5-11/h10-12H,2-9,13H2,1H3. The van der Waals surface area contributed by atoms with Gasteiger partial charge in [-0.1, -0.05) is 12.8 Å². The molecule has 2 atom stereocenters. The number of hydrogen-bond donors (Lipinski definition) is 1. The molecule has 1 heterocycles. The molecule has 1 saturated heterocycles. The van der Waals surface area contributed by atoms with E-state index in [1.807, 2.05) is 0 Å². The van der Waals surface area contributed by atoms with Crippen molar-refractivity contribution in [3.63, 3.8) is 0 Å². The summed E-state index contributed by atoms with van der Waals surface area (Å²) in [6, 6.07) is 1.15. The lowest BCUT2D eigenvalue weighted by Gasteiger charge is -2.41. The molecule has 0 bridgehead atoms. The van der Waals surface area contributed by atoms with Gasteiger partial charge in [0.15, 0.2) is 0 Å². The minimum atomic E-state index is 0.549. The molecule has 0 radical (unpaired) electrons. The van der Waals surface area contributed by atoms with Gasteiger partial charge in [0.1, 0.15) is 0 Å². The molecule has 0 aromatic rings. The highest BCUT2D eigenvalue weighted by molar-refractivity contribution is 4.87. The van der Waals surface area contributed by atoms with Crippen LogP contribution in [-0.2, 0) is 4.74 Å². The predicted octanol–water partition coefficient (Wildman–Crippen LogP) is 1.22. The topological polar surface area (TPSA) is 38.5 Å². The third-order valence-electron chi connectivity index (χ3n) is 4.03. The number of ether oxygens (including phenoxy) is 1. The minimum Gasteiger partial charge on any atom is -0.379 e. The molecule has 3 nitrogen and oxygen atoms in total. The average Bonchev–Trinajstić information content (AvgIpc) is 2.75. The third-order valence-corrected chi connectivity index (χ3v) is 4.03. The fourth-order valence-corrected chi connectivity index (χ4v) is 3.17. The number of nitrogens with zero attached hydrogens (tertiary/aromatic N) is 1. The maximum Gasteiger partial charge on any atom is 0.0619 e. The van der Waals surface area contributed by atoms with Crippen molar-refractivity contribution in [1.82, 2.24) is 4.90 Å². The number of morpholine rings is 1. The van der Waals surface area contributed by atoms with Crippen LogP contribution in [0.25, 0.3) is 0 Å². The van der Waals surface area contributed by atoms with Crippen molar-refractivity contribution in [2.24, 2.45) is 11.7 Å². The number of rotatable bonds is 3. The molecular weight excluding hydrogens is 188 g/mol. The molecule has 0 amide bonds. The normalized spacial score (nSPS) is 32.0. The van der Waals surface area contributed by atoms with Crippen LogP contribution in [0.5, 0.6) is 0 Å². The third kappa shape index (κ3) is 2.52. The van der Waals surface area contributed by atoms with E-state index in [9.17, 15) is 0 Å². The van der Waals surface area contributed by atoms with Crippen molar-refractivity contribution in [2.75, 3.05) is 26.3 Å². The van der Waals surface area contributed by atoms with Gasteiger partial charge in [-0.15, -0.1) is 0 Å². The van der Waals surface area contributed by atoms with Gasteiger partial charge in [-0.2, -0.15) is 0 Å². The molecule has 2 unspecified atom stereocenters. The summed E-state index contributed by atoms with van der Waals surface area (Å²) in [4.78, 5) is 2.58. The Kier molecular flexibility index (Phi) is 4.00. The van der Waals surface area contributed by atoms with E-state index in [1.165, 1.54) is 25.7 Å². The van der Waals surface area contributed by atoms with Crippen molar-refractivity contribution in [2.45, 2.75) is 44.7 Å².